The van der Waals surface area contributed by atoms with Crippen LogP contribution >= 0.6 is 0 Å². The molecule has 2 atom stereocenters. The molecule has 2 N–H and O–H groups in total. The van der Waals surface area contributed by atoms with Gasteiger partial charge in [-0.3, -0.25) is 0 Å². The van der Waals surface area contributed by atoms with E-state index in [1.54, 1.807) is 0 Å². The fourth-order valence-electron chi connectivity index (χ4n) is 1.11. The molecule has 12 heavy (non-hydrogen) atoms. The Morgan fingerprint density at radius 1 is 1.58 bits per heavy atom. The number of hydrogen-bond donors (Lipinski definition) is 1. The van der Waals surface area contributed by atoms with E-state index in [4.69, 9.17) is 19.9 Å². The average molecular weight is 175 g/mol. The highest BCUT2D eigenvalue weighted by Crippen LogP contribution is 2.04. The first-order valence-electron chi connectivity index (χ1n) is 4.37. The lowest BCUT2D eigenvalue weighted by molar-refractivity contribution is -0.104. The zero-order chi connectivity index (χ0) is 8.81. The molecule has 0 bridgehead atoms. The quantitative estimate of drug-likeness (QED) is 0.641. The molecular formula is C8H17NO3. The summed E-state index contributed by atoms with van der Waals surface area (Å²) in [7, 11) is 0. The van der Waals surface area contributed by atoms with Crippen LogP contribution in [-0.4, -0.2) is 45.2 Å². The van der Waals surface area contributed by atoms with Crippen molar-refractivity contribution < 1.29 is 14.2 Å². The van der Waals surface area contributed by atoms with Gasteiger partial charge in [0.05, 0.1) is 38.6 Å². The lowest BCUT2D eigenvalue weighted by atomic mass is 10.2. The van der Waals surface area contributed by atoms with Gasteiger partial charge in [0.25, 0.3) is 0 Å². The Hall–Kier alpha value is -0.160. The predicted octanol–water partition coefficient (Wildman–Crippen LogP) is -0.234. The molecule has 0 saturated carbocycles. The summed E-state index contributed by atoms with van der Waals surface area (Å²) in [6.07, 6.45) is 0.00491. The van der Waals surface area contributed by atoms with Crippen LogP contribution in [-0.2, 0) is 14.2 Å². The molecule has 0 aromatic rings. The largest absolute Gasteiger partial charge is 0.380 e. The van der Waals surface area contributed by atoms with Gasteiger partial charge in [-0.15, -0.1) is 0 Å². The molecule has 1 saturated heterocycles. The van der Waals surface area contributed by atoms with Crippen LogP contribution in [0.4, 0.5) is 0 Å². The number of ether oxygens (including phenoxy) is 3. The number of rotatable bonds is 4. The summed E-state index contributed by atoms with van der Waals surface area (Å²) in [6, 6.07) is -0.0646. The molecular weight excluding hydrogens is 158 g/mol. The van der Waals surface area contributed by atoms with E-state index in [9.17, 15) is 0 Å². The molecule has 4 nitrogen and oxygen atoms in total. The van der Waals surface area contributed by atoms with E-state index in [0.29, 0.717) is 33.0 Å². The third kappa shape index (κ3) is 3.06. The van der Waals surface area contributed by atoms with E-state index in [0.717, 1.165) is 0 Å². The van der Waals surface area contributed by atoms with Gasteiger partial charge in [0.2, 0.25) is 0 Å². The molecule has 1 heterocycles. The normalized spacial score (nSPS) is 27.0. The van der Waals surface area contributed by atoms with Gasteiger partial charge in [-0.05, 0) is 6.92 Å². The fourth-order valence-corrected chi connectivity index (χ4v) is 1.11. The van der Waals surface area contributed by atoms with Crippen molar-refractivity contribution in [3.05, 3.63) is 0 Å². The van der Waals surface area contributed by atoms with E-state index < -0.39 is 0 Å². The monoisotopic (exact) mass is 175 g/mol. The fraction of sp³-hybridized carbons (Fsp3) is 1.00. The van der Waals surface area contributed by atoms with Crippen LogP contribution < -0.4 is 5.73 Å². The third-order valence-electron chi connectivity index (χ3n) is 1.83. The molecule has 2 unspecified atom stereocenters. The Kier molecular flexibility index (Phi) is 4.53. The highest BCUT2D eigenvalue weighted by molar-refractivity contribution is 4.74. The summed E-state index contributed by atoms with van der Waals surface area (Å²) in [5, 5.41) is 0. The second kappa shape index (κ2) is 5.48. The standard InChI is InChI=1S/C8H17NO3/c1-2-10-5-7(9)8-6-11-3-4-12-8/h7-8H,2-6,9H2,1H3. The van der Waals surface area contributed by atoms with Crippen LogP contribution in [0, 0.1) is 0 Å². The van der Waals surface area contributed by atoms with Gasteiger partial charge in [0.1, 0.15) is 0 Å². The number of hydrogen-bond acceptors (Lipinski definition) is 4. The van der Waals surface area contributed by atoms with E-state index in [1.165, 1.54) is 0 Å². The van der Waals surface area contributed by atoms with Crippen molar-refractivity contribution in [3.8, 4) is 0 Å². The molecule has 1 fully saturated rings. The van der Waals surface area contributed by atoms with Crippen LogP contribution in [0.1, 0.15) is 6.92 Å². The maximum atomic E-state index is 5.80. The molecule has 1 rings (SSSR count). The van der Waals surface area contributed by atoms with Crippen LogP contribution in [0.25, 0.3) is 0 Å². The molecule has 4 heteroatoms. The lowest BCUT2D eigenvalue weighted by Crippen LogP contribution is -2.46. The molecule has 0 aromatic heterocycles. The van der Waals surface area contributed by atoms with Crippen LogP contribution in [0.5, 0.6) is 0 Å². The molecule has 1 aliphatic rings. The summed E-state index contributed by atoms with van der Waals surface area (Å²) in [6.45, 7) is 5.10. The Balaban J connectivity index is 2.15. The smallest absolute Gasteiger partial charge is 0.0982 e. The summed E-state index contributed by atoms with van der Waals surface area (Å²) in [5.74, 6) is 0. The Labute approximate surface area is 73.0 Å². The van der Waals surface area contributed by atoms with Crippen molar-refractivity contribution in [1.29, 1.82) is 0 Å². The highest BCUT2D eigenvalue weighted by Gasteiger charge is 2.21. The van der Waals surface area contributed by atoms with Gasteiger partial charge in [0, 0.05) is 6.61 Å². The van der Waals surface area contributed by atoms with Gasteiger partial charge in [-0.25, -0.2) is 0 Å². The van der Waals surface area contributed by atoms with Gasteiger partial charge in [0.15, 0.2) is 0 Å². The van der Waals surface area contributed by atoms with E-state index in [-0.39, 0.29) is 12.1 Å². The lowest BCUT2D eigenvalue weighted by Gasteiger charge is -2.27. The number of nitrogens with two attached hydrogens (primary N) is 1. The molecule has 0 amide bonds. The first-order chi connectivity index (χ1) is 5.84. The zero-order valence-corrected chi connectivity index (χ0v) is 7.49. The van der Waals surface area contributed by atoms with Crippen molar-refractivity contribution >= 4 is 0 Å². The molecule has 72 valence electrons. The highest BCUT2D eigenvalue weighted by atomic mass is 16.6. The molecule has 1 aliphatic heterocycles. The SMILES string of the molecule is CCOCC(N)C1COCCO1. The second-order valence-electron chi connectivity index (χ2n) is 2.81. The molecule has 0 spiro atoms. The Morgan fingerprint density at radius 2 is 2.42 bits per heavy atom. The van der Waals surface area contributed by atoms with Gasteiger partial charge in [-0.1, -0.05) is 0 Å². The van der Waals surface area contributed by atoms with E-state index in [2.05, 4.69) is 0 Å². The van der Waals surface area contributed by atoms with Crippen molar-refractivity contribution in [2.24, 2.45) is 5.73 Å². The second-order valence-corrected chi connectivity index (χ2v) is 2.81. The van der Waals surface area contributed by atoms with Crippen molar-refractivity contribution in [2.45, 2.75) is 19.1 Å². The maximum Gasteiger partial charge on any atom is 0.0982 e. The van der Waals surface area contributed by atoms with Gasteiger partial charge < -0.3 is 19.9 Å². The summed E-state index contributed by atoms with van der Waals surface area (Å²) in [5.41, 5.74) is 5.80. The molecule has 0 aromatic carbocycles. The predicted molar refractivity (Wildman–Crippen MR) is 45.0 cm³/mol. The Morgan fingerprint density at radius 3 is 3.00 bits per heavy atom. The Bertz CT molecular complexity index is 115. The summed E-state index contributed by atoms with van der Waals surface area (Å²) < 4.78 is 15.8. The maximum absolute atomic E-state index is 5.80. The van der Waals surface area contributed by atoms with Crippen LogP contribution in [0.2, 0.25) is 0 Å². The van der Waals surface area contributed by atoms with Gasteiger partial charge >= 0.3 is 0 Å². The first-order valence-corrected chi connectivity index (χ1v) is 4.37. The average Bonchev–Trinajstić information content (AvgIpc) is 2.15. The van der Waals surface area contributed by atoms with E-state index >= 15 is 0 Å². The minimum Gasteiger partial charge on any atom is -0.380 e. The zero-order valence-electron chi connectivity index (χ0n) is 7.49. The van der Waals surface area contributed by atoms with Crippen LogP contribution in [0.15, 0.2) is 0 Å². The van der Waals surface area contributed by atoms with Crippen molar-refractivity contribution in [1.82, 2.24) is 0 Å². The third-order valence-corrected chi connectivity index (χ3v) is 1.83. The minimum atomic E-state index is -0.0646. The summed E-state index contributed by atoms with van der Waals surface area (Å²) >= 11 is 0. The minimum absolute atomic E-state index is 0.00491. The van der Waals surface area contributed by atoms with Crippen molar-refractivity contribution in [2.75, 3.05) is 33.0 Å². The first kappa shape index (κ1) is 9.92. The van der Waals surface area contributed by atoms with E-state index in [1.807, 2.05) is 6.92 Å². The van der Waals surface area contributed by atoms with Crippen LogP contribution in [0.3, 0.4) is 0 Å². The molecule has 0 radical (unpaired) electrons. The molecule has 0 aliphatic carbocycles. The van der Waals surface area contributed by atoms with Gasteiger partial charge in [-0.2, -0.15) is 0 Å². The summed E-state index contributed by atoms with van der Waals surface area (Å²) in [4.78, 5) is 0. The van der Waals surface area contributed by atoms with Crippen molar-refractivity contribution in [3.63, 3.8) is 0 Å². The topological polar surface area (TPSA) is 53.7 Å².